The van der Waals surface area contributed by atoms with Crippen molar-refractivity contribution in [3.05, 3.63) is 0 Å². The Morgan fingerprint density at radius 3 is 2.00 bits per heavy atom. The lowest BCUT2D eigenvalue weighted by molar-refractivity contribution is -0.130. The first-order valence-corrected chi connectivity index (χ1v) is 5.67. The molecule has 5 heteroatoms. The van der Waals surface area contributed by atoms with Crippen molar-refractivity contribution in [3.8, 4) is 0 Å². The van der Waals surface area contributed by atoms with Gasteiger partial charge >= 0.3 is 0 Å². The molecule has 0 rings (SSSR count). The fourth-order valence-corrected chi connectivity index (χ4v) is 1.46. The van der Waals surface area contributed by atoms with Gasteiger partial charge in [0.1, 0.15) is 6.04 Å². The average Bonchev–Trinajstić information content (AvgIpc) is 2.26. The van der Waals surface area contributed by atoms with Crippen molar-refractivity contribution in [3.63, 3.8) is 0 Å². The highest BCUT2D eigenvalue weighted by molar-refractivity contribution is 5.89. The molecule has 0 aromatic heterocycles. The summed E-state index contributed by atoms with van der Waals surface area (Å²) in [6.07, 6.45) is 0.695. The third-order valence-electron chi connectivity index (χ3n) is 2.57. The molecule has 0 heterocycles. The zero-order chi connectivity index (χ0) is 12.7. The van der Waals surface area contributed by atoms with Crippen molar-refractivity contribution in [1.29, 1.82) is 0 Å². The molecule has 0 aliphatic heterocycles. The van der Waals surface area contributed by atoms with Crippen LogP contribution < -0.4 is 16.0 Å². The highest BCUT2D eigenvalue weighted by Gasteiger charge is 2.25. The van der Waals surface area contributed by atoms with Crippen molar-refractivity contribution in [2.45, 2.75) is 39.3 Å². The van der Waals surface area contributed by atoms with Crippen LogP contribution in [0.15, 0.2) is 0 Å². The van der Waals surface area contributed by atoms with Crippen LogP contribution in [0, 0.1) is 5.92 Å². The molecular weight excluding hydrogens is 206 g/mol. The Bertz CT molecular complexity index is 237. The van der Waals surface area contributed by atoms with Crippen molar-refractivity contribution < 1.29 is 9.59 Å². The molecule has 94 valence electrons. The number of nitrogens with one attached hydrogen (secondary N) is 3. The third kappa shape index (κ3) is 4.18. The van der Waals surface area contributed by atoms with Gasteiger partial charge in [-0.3, -0.25) is 9.59 Å². The summed E-state index contributed by atoms with van der Waals surface area (Å²) < 4.78 is 0. The molecule has 5 nitrogen and oxygen atoms in total. The van der Waals surface area contributed by atoms with Crippen LogP contribution in [0.3, 0.4) is 0 Å². The highest BCUT2D eigenvalue weighted by atomic mass is 16.2. The fraction of sp³-hybridized carbons (Fsp3) is 0.818. The maximum absolute atomic E-state index is 11.8. The quantitative estimate of drug-likeness (QED) is 0.594. The lowest BCUT2D eigenvalue weighted by Crippen LogP contribution is -2.53. The molecule has 0 radical (unpaired) electrons. The highest BCUT2D eigenvalue weighted by Crippen LogP contribution is 2.02. The molecule has 16 heavy (non-hydrogen) atoms. The second-order valence-electron chi connectivity index (χ2n) is 4.09. The minimum Gasteiger partial charge on any atom is -0.357 e. The van der Waals surface area contributed by atoms with Gasteiger partial charge in [-0.05, 0) is 19.4 Å². The van der Waals surface area contributed by atoms with E-state index in [1.165, 1.54) is 0 Å². The minimum absolute atomic E-state index is 0.0678. The molecule has 2 amide bonds. The Morgan fingerprint density at radius 1 is 1.12 bits per heavy atom. The Hall–Kier alpha value is -1.10. The van der Waals surface area contributed by atoms with Crippen molar-refractivity contribution >= 4 is 11.8 Å². The van der Waals surface area contributed by atoms with Crippen molar-refractivity contribution in [1.82, 2.24) is 16.0 Å². The summed E-state index contributed by atoms with van der Waals surface area (Å²) in [6.45, 7) is 5.73. The normalized spacial score (nSPS) is 14.4. The summed E-state index contributed by atoms with van der Waals surface area (Å²) in [5, 5.41) is 8.22. The molecule has 0 aromatic carbocycles. The van der Waals surface area contributed by atoms with Crippen LogP contribution in [0.25, 0.3) is 0 Å². The third-order valence-corrected chi connectivity index (χ3v) is 2.57. The lowest BCUT2D eigenvalue weighted by atomic mass is 10.0. The standard InChI is InChI=1S/C11H23N3O2/c1-6-8(12-4)10(15)14-9(7(2)3)11(16)13-5/h7-9,12H,6H2,1-5H3,(H,13,16)(H,14,15)/t8-,9-/m0/s1. The van der Waals surface area contributed by atoms with Crippen molar-refractivity contribution in [2.24, 2.45) is 5.92 Å². The van der Waals surface area contributed by atoms with E-state index in [-0.39, 0.29) is 23.8 Å². The monoisotopic (exact) mass is 229 g/mol. The Labute approximate surface area is 97.4 Å². The Kier molecular flexibility index (Phi) is 6.72. The second kappa shape index (κ2) is 7.22. The predicted molar refractivity (Wildman–Crippen MR) is 64.0 cm³/mol. The zero-order valence-corrected chi connectivity index (χ0v) is 10.8. The molecule has 0 spiro atoms. The van der Waals surface area contributed by atoms with Gasteiger partial charge < -0.3 is 16.0 Å². The van der Waals surface area contributed by atoms with E-state index >= 15 is 0 Å². The van der Waals surface area contributed by atoms with Gasteiger partial charge in [0.2, 0.25) is 11.8 Å². The fourth-order valence-electron chi connectivity index (χ4n) is 1.46. The molecule has 0 saturated carbocycles. The van der Waals surface area contributed by atoms with E-state index in [4.69, 9.17) is 0 Å². The van der Waals surface area contributed by atoms with Gasteiger partial charge in [-0.1, -0.05) is 20.8 Å². The first-order chi connectivity index (χ1) is 7.47. The number of amides is 2. The first-order valence-electron chi connectivity index (χ1n) is 5.67. The zero-order valence-electron chi connectivity index (χ0n) is 10.8. The summed E-state index contributed by atoms with van der Waals surface area (Å²) in [7, 11) is 3.30. The van der Waals surface area contributed by atoms with Gasteiger partial charge in [-0.15, -0.1) is 0 Å². The van der Waals surface area contributed by atoms with Gasteiger partial charge in [0.25, 0.3) is 0 Å². The van der Waals surface area contributed by atoms with Gasteiger partial charge in [0, 0.05) is 7.05 Å². The molecular formula is C11H23N3O2. The summed E-state index contributed by atoms with van der Waals surface area (Å²) in [5.74, 6) is -0.222. The van der Waals surface area contributed by atoms with Gasteiger partial charge in [-0.2, -0.15) is 0 Å². The van der Waals surface area contributed by atoms with Crippen LogP contribution >= 0.6 is 0 Å². The van der Waals surface area contributed by atoms with E-state index in [0.29, 0.717) is 6.42 Å². The SMILES string of the molecule is CC[C@H](NC)C(=O)N[C@H](C(=O)NC)C(C)C. The van der Waals surface area contributed by atoms with Crippen molar-refractivity contribution in [2.75, 3.05) is 14.1 Å². The van der Waals surface area contributed by atoms with Crippen LogP contribution in [0.1, 0.15) is 27.2 Å². The number of carbonyl (C=O) groups excluding carboxylic acids is 2. The lowest BCUT2D eigenvalue weighted by Gasteiger charge is -2.23. The van der Waals surface area contributed by atoms with E-state index in [1.807, 2.05) is 20.8 Å². The molecule has 0 unspecified atom stereocenters. The topological polar surface area (TPSA) is 70.2 Å². The number of rotatable bonds is 6. The summed E-state index contributed by atoms with van der Waals surface area (Å²) >= 11 is 0. The smallest absolute Gasteiger partial charge is 0.242 e. The largest absolute Gasteiger partial charge is 0.357 e. The van der Waals surface area contributed by atoms with Gasteiger partial charge in [-0.25, -0.2) is 0 Å². The Morgan fingerprint density at radius 2 is 1.69 bits per heavy atom. The maximum atomic E-state index is 11.8. The van der Waals surface area contributed by atoms with E-state index in [0.717, 1.165) is 0 Å². The average molecular weight is 229 g/mol. The van der Waals surface area contributed by atoms with Gasteiger partial charge in [0.05, 0.1) is 6.04 Å². The maximum Gasteiger partial charge on any atom is 0.242 e. The number of hydrogen-bond donors (Lipinski definition) is 3. The van der Waals surface area contributed by atoms with Crippen LogP contribution in [0.2, 0.25) is 0 Å². The Balaban J connectivity index is 4.51. The first kappa shape index (κ1) is 14.9. The molecule has 0 fully saturated rings. The molecule has 0 saturated heterocycles. The van der Waals surface area contributed by atoms with Crippen LogP contribution in [0.5, 0.6) is 0 Å². The summed E-state index contributed by atoms with van der Waals surface area (Å²) in [4.78, 5) is 23.3. The van der Waals surface area contributed by atoms with E-state index in [9.17, 15) is 9.59 Å². The molecule has 3 N–H and O–H groups in total. The number of hydrogen-bond acceptors (Lipinski definition) is 3. The number of carbonyl (C=O) groups is 2. The minimum atomic E-state index is -0.472. The summed E-state index contributed by atoms with van der Waals surface area (Å²) in [5.41, 5.74) is 0. The van der Waals surface area contributed by atoms with E-state index < -0.39 is 6.04 Å². The predicted octanol–water partition coefficient (Wildman–Crippen LogP) is -0.129. The molecule has 0 bridgehead atoms. The number of likely N-dealkylation sites (N-methyl/N-ethyl adjacent to an activating group) is 2. The molecule has 2 atom stereocenters. The molecule has 0 aliphatic carbocycles. The molecule has 0 aliphatic rings. The summed E-state index contributed by atoms with van der Waals surface area (Å²) in [6, 6.07) is -0.717. The molecule has 0 aromatic rings. The van der Waals surface area contributed by atoms with E-state index in [2.05, 4.69) is 16.0 Å². The second-order valence-corrected chi connectivity index (χ2v) is 4.09. The van der Waals surface area contributed by atoms with Crippen LogP contribution in [0.4, 0.5) is 0 Å². The van der Waals surface area contributed by atoms with E-state index in [1.54, 1.807) is 14.1 Å². The van der Waals surface area contributed by atoms with Crippen LogP contribution in [-0.4, -0.2) is 38.0 Å². The van der Waals surface area contributed by atoms with Gasteiger partial charge in [0.15, 0.2) is 0 Å². The van der Waals surface area contributed by atoms with Crippen LogP contribution in [-0.2, 0) is 9.59 Å².